The minimum absolute atomic E-state index is 0.0167. The molecule has 2 N–H and O–H groups in total. The average molecular weight is 638 g/mol. The summed E-state index contributed by atoms with van der Waals surface area (Å²) in [6.45, 7) is 10.7. The van der Waals surface area contributed by atoms with Crippen LogP contribution in [-0.2, 0) is 9.47 Å². The van der Waals surface area contributed by atoms with Crippen molar-refractivity contribution in [1.29, 1.82) is 0 Å². The van der Waals surface area contributed by atoms with E-state index in [2.05, 4.69) is 15.5 Å². The van der Waals surface area contributed by atoms with Crippen molar-refractivity contribution in [3.05, 3.63) is 41.3 Å². The highest BCUT2D eigenvalue weighted by atomic mass is 16.6. The van der Waals surface area contributed by atoms with Gasteiger partial charge in [0.15, 0.2) is 0 Å². The van der Waals surface area contributed by atoms with Gasteiger partial charge in [-0.3, -0.25) is 4.79 Å². The van der Waals surface area contributed by atoms with Crippen LogP contribution in [0.5, 0.6) is 11.6 Å². The van der Waals surface area contributed by atoms with Crippen LogP contribution in [0.4, 0.5) is 4.79 Å². The molecule has 3 aromatic rings. The maximum Gasteiger partial charge on any atom is 0.438 e. The summed E-state index contributed by atoms with van der Waals surface area (Å²) in [5, 5.41) is 21.9. The number of aromatic nitrogens is 4. The van der Waals surface area contributed by atoms with E-state index in [9.17, 15) is 19.5 Å². The minimum Gasteiger partial charge on any atom is -0.489 e. The third kappa shape index (κ3) is 6.55. The molecule has 1 amide bonds. The van der Waals surface area contributed by atoms with Crippen LogP contribution in [-0.4, -0.2) is 79.0 Å². The number of amides is 1. The molecule has 248 valence electrons. The molecule has 0 radical (unpaired) electrons. The van der Waals surface area contributed by atoms with Crippen molar-refractivity contribution in [3.63, 3.8) is 0 Å². The van der Waals surface area contributed by atoms with Crippen molar-refractivity contribution in [2.24, 2.45) is 5.41 Å². The number of nitrogens with one attached hydrogen (secondary N) is 1. The zero-order chi connectivity index (χ0) is 33.0. The van der Waals surface area contributed by atoms with Crippen molar-refractivity contribution >= 4 is 23.5 Å². The molecule has 0 bridgehead atoms. The molecule has 0 unspecified atom stereocenters. The fourth-order valence-electron chi connectivity index (χ4n) is 6.40. The molecule has 3 aliphatic carbocycles. The van der Waals surface area contributed by atoms with Crippen molar-refractivity contribution < 1.29 is 38.4 Å². The molecule has 3 aliphatic rings. The van der Waals surface area contributed by atoms with Crippen molar-refractivity contribution in [3.8, 4) is 11.6 Å². The van der Waals surface area contributed by atoms with E-state index < -0.39 is 23.3 Å². The molecule has 0 aromatic carbocycles. The number of carbonyl (C=O) groups is 3. The summed E-state index contributed by atoms with van der Waals surface area (Å²) in [6.07, 6.45) is 7.00. The zero-order valence-corrected chi connectivity index (χ0v) is 27.3. The summed E-state index contributed by atoms with van der Waals surface area (Å²) in [6, 6.07) is 3.72. The van der Waals surface area contributed by atoms with Gasteiger partial charge in [-0.15, -0.1) is 4.68 Å². The second kappa shape index (κ2) is 11.6. The van der Waals surface area contributed by atoms with Gasteiger partial charge in [0, 0.05) is 12.0 Å². The first-order valence-electron chi connectivity index (χ1n) is 16.0. The number of aliphatic hydroxyl groups is 1. The largest absolute Gasteiger partial charge is 0.489 e. The van der Waals surface area contributed by atoms with Crippen molar-refractivity contribution in [1.82, 2.24) is 24.7 Å². The number of fused-ring (bicyclic) bond motifs is 1. The Hall–Kier alpha value is -4.13. The maximum atomic E-state index is 13.4. The summed E-state index contributed by atoms with van der Waals surface area (Å²) >= 11 is 0. The Kier molecular flexibility index (Phi) is 8.02. The van der Waals surface area contributed by atoms with E-state index in [0.29, 0.717) is 17.2 Å². The molecule has 0 atom stereocenters. The van der Waals surface area contributed by atoms with Gasteiger partial charge >= 0.3 is 12.1 Å². The summed E-state index contributed by atoms with van der Waals surface area (Å²) in [4.78, 5) is 38.7. The number of ether oxygens (including phenoxy) is 4. The lowest BCUT2D eigenvalue weighted by Gasteiger charge is -2.57. The monoisotopic (exact) mass is 637 g/mol. The molecular formula is C33H43N5O8. The molecule has 6 rings (SSSR count). The number of pyridine rings is 1. The second-order valence-electron chi connectivity index (χ2n) is 14.5. The molecule has 3 fully saturated rings. The summed E-state index contributed by atoms with van der Waals surface area (Å²) < 4.78 is 25.5. The second-order valence-corrected chi connectivity index (χ2v) is 14.5. The summed E-state index contributed by atoms with van der Waals surface area (Å²) in [5.41, 5.74) is 0.537. The van der Waals surface area contributed by atoms with Gasteiger partial charge in [0.1, 0.15) is 29.6 Å². The van der Waals surface area contributed by atoms with Gasteiger partial charge in [-0.25, -0.2) is 14.1 Å². The Balaban J connectivity index is 1.07. The van der Waals surface area contributed by atoms with Crippen LogP contribution in [0.25, 0.3) is 5.52 Å². The number of hydrogen-bond donors (Lipinski definition) is 2. The molecule has 46 heavy (non-hydrogen) atoms. The fraction of sp³-hybridized carbons (Fsp3) is 0.606. The van der Waals surface area contributed by atoms with E-state index in [0.717, 1.165) is 54.4 Å². The maximum absolute atomic E-state index is 13.4. The number of esters is 1. The topological polar surface area (TPSA) is 156 Å². The van der Waals surface area contributed by atoms with E-state index in [4.69, 9.17) is 18.9 Å². The van der Waals surface area contributed by atoms with E-state index in [1.165, 1.54) is 6.20 Å². The van der Waals surface area contributed by atoms with Crippen LogP contribution in [0, 0.1) is 5.41 Å². The predicted octanol–water partition coefficient (Wildman–Crippen LogP) is 4.64. The van der Waals surface area contributed by atoms with Crippen LogP contribution in [0.15, 0.2) is 24.5 Å². The highest BCUT2D eigenvalue weighted by molar-refractivity contribution is 6.01. The van der Waals surface area contributed by atoms with E-state index in [-0.39, 0.29) is 48.1 Å². The molecule has 3 aromatic heterocycles. The van der Waals surface area contributed by atoms with E-state index in [1.807, 2.05) is 12.1 Å². The quantitative estimate of drug-likeness (QED) is 0.301. The van der Waals surface area contributed by atoms with E-state index in [1.54, 1.807) is 52.3 Å². The van der Waals surface area contributed by atoms with Gasteiger partial charge in [0.05, 0.1) is 41.4 Å². The molecule has 3 saturated carbocycles. The number of rotatable bonds is 10. The van der Waals surface area contributed by atoms with Gasteiger partial charge in [-0.2, -0.15) is 10.2 Å². The Labute approximate surface area is 267 Å². The highest BCUT2D eigenvalue weighted by Crippen LogP contribution is 2.57. The van der Waals surface area contributed by atoms with Gasteiger partial charge in [-0.1, -0.05) is 0 Å². The lowest BCUT2D eigenvalue weighted by molar-refractivity contribution is -0.0860. The Morgan fingerprint density at radius 2 is 1.72 bits per heavy atom. The van der Waals surface area contributed by atoms with Crippen molar-refractivity contribution in [2.75, 3.05) is 13.2 Å². The number of nitrogens with zero attached hydrogens (tertiary/aromatic N) is 4. The van der Waals surface area contributed by atoms with Gasteiger partial charge in [0.2, 0.25) is 5.88 Å². The molecular weight excluding hydrogens is 594 g/mol. The lowest BCUT2D eigenvalue weighted by Crippen LogP contribution is -2.58. The van der Waals surface area contributed by atoms with Crippen LogP contribution in [0.3, 0.4) is 0 Å². The summed E-state index contributed by atoms with van der Waals surface area (Å²) in [5.74, 6) is 0.215. The first-order valence-corrected chi connectivity index (χ1v) is 16.0. The van der Waals surface area contributed by atoms with Crippen LogP contribution >= 0.6 is 0 Å². The number of carbonyl (C=O) groups excluding carboxylic acids is 3. The van der Waals surface area contributed by atoms with Crippen LogP contribution in [0.1, 0.15) is 112 Å². The first-order chi connectivity index (χ1) is 21.7. The third-order valence-electron chi connectivity index (χ3n) is 8.55. The zero-order valence-electron chi connectivity index (χ0n) is 27.3. The van der Waals surface area contributed by atoms with Gasteiger partial charge in [-0.05, 0) is 97.6 Å². The van der Waals surface area contributed by atoms with Gasteiger partial charge < -0.3 is 29.4 Å². The predicted molar refractivity (Wildman–Crippen MR) is 165 cm³/mol. The highest BCUT2D eigenvalue weighted by Gasteiger charge is 2.55. The smallest absolute Gasteiger partial charge is 0.438 e. The van der Waals surface area contributed by atoms with E-state index >= 15 is 0 Å². The standard InChI is InChI=1S/C33H43N5O8/c1-7-43-29(40)23-17-35-38(30(41)46-31(2,3)4)28(23)45-21-14-33(15-21)12-20(13-33)36-27(39)22-16-34-37-24(22)10-11-25(26(37)19-8-9-19)44-18-32(5,6)42/h10-11,16-17,19-21,42H,7-9,12-15,18H2,1-6H3,(H,36,39). The third-order valence-corrected chi connectivity index (χ3v) is 8.55. The Bertz CT molecular complexity index is 1640. The first kappa shape index (κ1) is 31.8. The Morgan fingerprint density at radius 1 is 1.02 bits per heavy atom. The number of hydrogen-bond acceptors (Lipinski definition) is 10. The molecule has 3 heterocycles. The molecule has 1 spiro atoms. The molecule has 13 nitrogen and oxygen atoms in total. The Morgan fingerprint density at radius 3 is 2.35 bits per heavy atom. The average Bonchev–Trinajstić information content (AvgIpc) is 3.51. The van der Waals surface area contributed by atoms with Crippen LogP contribution in [0.2, 0.25) is 0 Å². The van der Waals surface area contributed by atoms with Gasteiger partial charge in [0.25, 0.3) is 5.91 Å². The molecule has 0 saturated heterocycles. The van der Waals surface area contributed by atoms with Crippen LogP contribution < -0.4 is 14.8 Å². The molecule has 0 aliphatic heterocycles. The fourth-order valence-corrected chi connectivity index (χ4v) is 6.40. The minimum atomic E-state index is -0.966. The summed E-state index contributed by atoms with van der Waals surface area (Å²) in [7, 11) is 0. The lowest BCUT2D eigenvalue weighted by atomic mass is 9.53. The van der Waals surface area contributed by atoms with Crippen molar-refractivity contribution in [2.45, 2.75) is 109 Å². The SMILES string of the molecule is CCOC(=O)c1cnn(C(=O)OC(C)(C)C)c1OC1CC2(CC(NC(=O)c3cnn4c(C5CC5)c(OCC(C)(C)O)ccc34)C2)C1. The normalized spacial score (nSPS) is 22.6. The molecule has 13 heteroatoms.